The number of rotatable bonds is 2. The number of carbonyl (C=O) groups excluding carboxylic acids is 2. The molecular weight excluding hydrogens is 349 g/mol. The lowest BCUT2D eigenvalue weighted by molar-refractivity contribution is -0.138. The molecule has 0 atom stereocenters. The van der Waals surface area contributed by atoms with Crippen molar-refractivity contribution in [1.82, 2.24) is 19.8 Å². The second kappa shape index (κ2) is 7.11. The lowest BCUT2D eigenvalue weighted by Crippen LogP contribution is -2.51. The van der Waals surface area contributed by atoms with Gasteiger partial charge in [-0.25, -0.2) is 4.98 Å². The number of nitrogens with zero attached hydrogens (tertiary/aromatic N) is 4. The average Bonchev–Trinajstić information content (AvgIpc) is 2.67. The van der Waals surface area contributed by atoms with Crippen LogP contribution in [0.1, 0.15) is 26.4 Å². The van der Waals surface area contributed by atoms with Crippen LogP contribution in [0.4, 0.5) is 13.2 Å². The molecule has 0 bridgehead atoms. The van der Waals surface area contributed by atoms with Crippen molar-refractivity contribution in [2.45, 2.75) is 6.18 Å². The van der Waals surface area contributed by atoms with Gasteiger partial charge in [0, 0.05) is 38.6 Å². The smallest absolute Gasteiger partial charge is 0.335 e. The molecule has 0 spiro atoms. The summed E-state index contributed by atoms with van der Waals surface area (Å²) in [5.74, 6) is -1.01. The molecule has 0 radical (unpaired) electrons. The number of carbonyl (C=O) groups is 2. The van der Waals surface area contributed by atoms with Gasteiger partial charge in [0.05, 0.1) is 17.3 Å². The van der Waals surface area contributed by atoms with Crippen LogP contribution in [0.5, 0.6) is 0 Å². The summed E-state index contributed by atoms with van der Waals surface area (Å²) >= 11 is 0. The number of halogens is 3. The van der Waals surface area contributed by atoms with E-state index in [1.165, 1.54) is 46.6 Å². The Kier molecular flexibility index (Phi) is 4.88. The molecule has 26 heavy (non-hydrogen) atoms. The Morgan fingerprint density at radius 3 is 2.12 bits per heavy atom. The number of hydrogen-bond donors (Lipinski definition) is 0. The van der Waals surface area contributed by atoms with E-state index in [1.54, 1.807) is 0 Å². The number of amides is 2. The summed E-state index contributed by atoms with van der Waals surface area (Å²) in [7, 11) is 0. The summed E-state index contributed by atoms with van der Waals surface area (Å²) in [6, 6.07) is 4.71. The Labute approximate surface area is 147 Å². The third-order valence-corrected chi connectivity index (χ3v) is 4.10. The van der Waals surface area contributed by atoms with Crippen LogP contribution in [0.25, 0.3) is 0 Å². The van der Waals surface area contributed by atoms with Crippen LogP contribution in [0, 0.1) is 0 Å². The fourth-order valence-corrected chi connectivity index (χ4v) is 2.77. The highest BCUT2D eigenvalue weighted by atomic mass is 19.4. The molecule has 0 N–H and O–H groups in total. The van der Waals surface area contributed by atoms with Gasteiger partial charge >= 0.3 is 6.18 Å². The maximum Gasteiger partial charge on any atom is 0.417 e. The van der Waals surface area contributed by atoms with Gasteiger partial charge in [-0.15, -0.1) is 0 Å². The molecule has 0 aliphatic carbocycles. The van der Waals surface area contributed by atoms with Crippen molar-refractivity contribution in [3.63, 3.8) is 0 Å². The molecule has 0 unspecified atom stereocenters. The van der Waals surface area contributed by atoms with E-state index in [0.717, 1.165) is 6.07 Å². The molecule has 3 rings (SSSR count). The van der Waals surface area contributed by atoms with Gasteiger partial charge in [0.1, 0.15) is 5.69 Å². The van der Waals surface area contributed by atoms with Crippen molar-refractivity contribution in [2.75, 3.05) is 26.2 Å². The van der Waals surface area contributed by atoms with Crippen molar-refractivity contribution in [3.8, 4) is 0 Å². The normalized spacial score (nSPS) is 15.0. The SMILES string of the molecule is O=C(c1cnccn1)N1CCN(C(=O)c2ccccc2C(F)(F)F)CC1. The summed E-state index contributed by atoms with van der Waals surface area (Å²) in [4.78, 5) is 35.4. The second-order valence-corrected chi connectivity index (χ2v) is 5.72. The van der Waals surface area contributed by atoms with E-state index in [0.29, 0.717) is 0 Å². The highest BCUT2D eigenvalue weighted by Gasteiger charge is 2.36. The lowest BCUT2D eigenvalue weighted by Gasteiger charge is -2.35. The van der Waals surface area contributed by atoms with Crippen molar-refractivity contribution in [2.24, 2.45) is 0 Å². The van der Waals surface area contributed by atoms with Gasteiger partial charge < -0.3 is 9.80 Å². The standard InChI is InChI=1S/C17H15F3N4O2/c18-17(19,20)13-4-2-1-3-12(13)15(25)23-7-9-24(10-8-23)16(26)14-11-21-5-6-22-14/h1-6,11H,7-10H2. The quantitative estimate of drug-likeness (QED) is 0.819. The molecule has 1 saturated heterocycles. The van der Waals surface area contributed by atoms with Crippen LogP contribution in [0.3, 0.4) is 0 Å². The van der Waals surface area contributed by atoms with Crippen LogP contribution in [-0.2, 0) is 6.18 Å². The summed E-state index contributed by atoms with van der Waals surface area (Å²) in [6.45, 7) is 0.735. The Morgan fingerprint density at radius 1 is 0.923 bits per heavy atom. The first kappa shape index (κ1) is 17.8. The molecule has 2 amide bonds. The molecule has 1 aliphatic heterocycles. The maximum absolute atomic E-state index is 13.1. The molecule has 0 saturated carbocycles. The van der Waals surface area contributed by atoms with E-state index in [1.807, 2.05) is 0 Å². The number of benzene rings is 1. The van der Waals surface area contributed by atoms with Crippen molar-refractivity contribution < 1.29 is 22.8 Å². The number of alkyl halides is 3. The van der Waals surface area contributed by atoms with Gasteiger partial charge in [-0.2, -0.15) is 13.2 Å². The van der Waals surface area contributed by atoms with Crippen LogP contribution in [-0.4, -0.2) is 57.8 Å². The first-order chi connectivity index (χ1) is 12.4. The lowest BCUT2D eigenvalue weighted by atomic mass is 10.1. The minimum atomic E-state index is -4.60. The molecule has 1 aromatic heterocycles. The molecule has 6 nitrogen and oxygen atoms in total. The van der Waals surface area contributed by atoms with Crippen LogP contribution >= 0.6 is 0 Å². The topological polar surface area (TPSA) is 66.4 Å². The van der Waals surface area contributed by atoms with E-state index in [2.05, 4.69) is 9.97 Å². The first-order valence-corrected chi connectivity index (χ1v) is 7.88. The summed E-state index contributed by atoms with van der Waals surface area (Å²) < 4.78 is 39.3. The highest BCUT2D eigenvalue weighted by molar-refractivity contribution is 5.96. The fraction of sp³-hybridized carbons (Fsp3) is 0.294. The number of hydrogen-bond acceptors (Lipinski definition) is 4. The van der Waals surface area contributed by atoms with Gasteiger partial charge in [-0.05, 0) is 12.1 Å². The van der Waals surface area contributed by atoms with Crippen molar-refractivity contribution >= 4 is 11.8 Å². The van der Waals surface area contributed by atoms with E-state index in [9.17, 15) is 22.8 Å². The molecule has 136 valence electrons. The van der Waals surface area contributed by atoms with Crippen molar-refractivity contribution in [3.05, 3.63) is 59.7 Å². The zero-order chi connectivity index (χ0) is 18.7. The number of piperazine rings is 1. The molecular formula is C17H15F3N4O2. The van der Waals surface area contributed by atoms with Gasteiger partial charge in [0.2, 0.25) is 0 Å². The van der Waals surface area contributed by atoms with Gasteiger partial charge in [0.25, 0.3) is 11.8 Å². The molecule has 2 aromatic rings. The molecule has 1 aromatic carbocycles. The molecule has 2 heterocycles. The van der Waals surface area contributed by atoms with E-state index in [4.69, 9.17) is 0 Å². The predicted molar refractivity (Wildman–Crippen MR) is 85.3 cm³/mol. The predicted octanol–water partition coefficient (Wildman–Crippen LogP) is 2.09. The first-order valence-electron chi connectivity index (χ1n) is 7.88. The van der Waals surface area contributed by atoms with Crippen molar-refractivity contribution in [1.29, 1.82) is 0 Å². The fourth-order valence-electron chi connectivity index (χ4n) is 2.77. The molecule has 1 aliphatic rings. The van der Waals surface area contributed by atoms with Crippen LogP contribution in [0.15, 0.2) is 42.9 Å². The summed E-state index contributed by atoms with van der Waals surface area (Å²) in [5, 5.41) is 0. The summed E-state index contributed by atoms with van der Waals surface area (Å²) in [5.41, 5.74) is -1.15. The Balaban J connectivity index is 1.69. The Morgan fingerprint density at radius 2 is 1.54 bits per heavy atom. The Bertz CT molecular complexity index is 803. The maximum atomic E-state index is 13.1. The van der Waals surface area contributed by atoms with Crippen LogP contribution < -0.4 is 0 Å². The highest BCUT2D eigenvalue weighted by Crippen LogP contribution is 2.32. The molecule has 1 fully saturated rings. The van der Waals surface area contributed by atoms with Gasteiger partial charge in [0.15, 0.2) is 0 Å². The molecule has 9 heteroatoms. The van der Waals surface area contributed by atoms with E-state index < -0.39 is 17.6 Å². The van der Waals surface area contributed by atoms with E-state index in [-0.39, 0.29) is 43.3 Å². The zero-order valence-electron chi connectivity index (χ0n) is 13.6. The summed E-state index contributed by atoms with van der Waals surface area (Å²) in [6.07, 6.45) is -0.401. The van der Waals surface area contributed by atoms with Gasteiger partial charge in [-0.3, -0.25) is 14.6 Å². The van der Waals surface area contributed by atoms with Gasteiger partial charge in [-0.1, -0.05) is 12.1 Å². The third kappa shape index (κ3) is 3.66. The minimum absolute atomic E-state index is 0.150. The second-order valence-electron chi connectivity index (χ2n) is 5.72. The largest absolute Gasteiger partial charge is 0.417 e. The van der Waals surface area contributed by atoms with E-state index >= 15 is 0 Å². The third-order valence-electron chi connectivity index (χ3n) is 4.10. The minimum Gasteiger partial charge on any atom is -0.335 e. The average molecular weight is 364 g/mol. The Hall–Kier alpha value is -2.97. The number of aromatic nitrogens is 2. The van der Waals surface area contributed by atoms with Crippen LogP contribution in [0.2, 0.25) is 0 Å². The zero-order valence-corrected chi connectivity index (χ0v) is 13.6. The monoisotopic (exact) mass is 364 g/mol.